The van der Waals surface area contributed by atoms with Crippen molar-refractivity contribution >= 4 is 38.1 Å². The highest BCUT2D eigenvalue weighted by atomic mass is 14.9. The monoisotopic (exact) mass is 568 g/mol. The maximum atomic E-state index is 10.2. The molecule has 11 rings (SSSR count). The molecule has 0 amide bonds. The van der Waals surface area contributed by atoms with Gasteiger partial charge in [-0.15, -0.1) is 0 Å². The van der Waals surface area contributed by atoms with Crippen molar-refractivity contribution < 1.29 is 0 Å². The fraction of sp³-hybridized carbons (Fsp3) is 0.0488. The molecule has 2 heterocycles. The van der Waals surface area contributed by atoms with E-state index in [4.69, 9.17) is 0 Å². The van der Waals surface area contributed by atoms with Crippen LogP contribution >= 0.6 is 0 Å². The van der Waals surface area contributed by atoms with E-state index in [0.717, 1.165) is 27.8 Å². The van der Waals surface area contributed by atoms with E-state index in [0.29, 0.717) is 16.7 Å². The van der Waals surface area contributed by atoms with Gasteiger partial charge in [0.15, 0.2) is 0 Å². The molecule has 8 aromatic rings. The molecule has 4 nitrogen and oxygen atoms in total. The van der Waals surface area contributed by atoms with Gasteiger partial charge in [0, 0.05) is 33.4 Å². The van der Waals surface area contributed by atoms with Gasteiger partial charge in [-0.2, -0.15) is 15.8 Å². The van der Waals surface area contributed by atoms with Crippen LogP contribution < -0.4 is 0 Å². The van der Waals surface area contributed by atoms with Crippen molar-refractivity contribution in [2.75, 3.05) is 0 Å². The van der Waals surface area contributed by atoms with E-state index in [9.17, 15) is 15.8 Å². The minimum Gasteiger partial charge on any atom is -0.308 e. The van der Waals surface area contributed by atoms with E-state index in [1.165, 1.54) is 54.8 Å². The highest BCUT2D eigenvalue weighted by Crippen LogP contribution is 2.58. The molecule has 0 atom stereocenters. The Morgan fingerprint density at radius 1 is 0.467 bits per heavy atom. The zero-order chi connectivity index (χ0) is 30.0. The number of benzene rings is 6. The van der Waals surface area contributed by atoms with Crippen molar-refractivity contribution in [3.8, 4) is 29.3 Å². The molecule has 0 fully saturated rings. The quantitative estimate of drug-likeness (QED) is 0.198. The number of para-hydroxylation sites is 2. The summed E-state index contributed by atoms with van der Waals surface area (Å²) in [5, 5.41) is 34.7. The SMILES string of the molecule is N#Cc1ccc2c(c1)C1c3cc(C#N)ccc3C2c2c(-c3ccc4c(c3)c3cccc5c6ccccc6n4c53)cc(C#N)cc21. The predicted octanol–water partition coefficient (Wildman–Crippen LogP) is 9.11. The zero-order valence-electron chi connectivity index (χ0n) is 23.8. The van der Waals surface area contributed by atoms with Crippen molar-refractivity contribution in [2.24, 2.45) is 0 Å². The van der Waals surface area contributed by atoms with E-state index in [-0.39, 0.29) is 11.8 Å². The van der Waals surface area contributed by atoms with E-state index in [1.54, 1.807) is 0 Å². The molecular formula is C41H20N4. The van der Waals surface area contributed by atoms with Crippen LogP contribution in [-0.2, 0) is 0 Å². The standard InChI is InChI=1S/C41H20N4/c42-19-22-8-11-27-33(14-22)38-34-15-23(20-43)9-12-28(34)39(27)40-31(16-24(21-44)17-35(38)40)25-10-13-37-32(18-25)30-6-3-5-29-26-4-1-2-7-36(26)45(37)41(29)30/h1-18,38-39H. The third kappa shape index (κ3) is 2.92. The van der Waals surface area contributed by atoms with Gasteiger partial charge in [-0.1, -0.05) is 54.6 Å². The van der Waals surface area contributed by atoms with Crippen LogP contribution in [0.2, 0.25) is 0 Å². The number of rotatable bonds is 1. The van der Waals surface area contributed by atoms with Gasteiger partial charge < -0.3 is 4.40 Å². The molecule has 0 saturated carbocycles. The van der Waals surface area contributed by atoms with Gasteiger partial charge in [0.1, 0.15) is 0 Å². The maximum Gasteiger partial charge on any atom is 0.0991 e. The Balaban J connectivity index is 1.28. The first-order valence-corrected chi connectivity index (χ1v) is 15.0. The summed E-state index contributed by atoms with van der Waals surface area (Å²) in [6.45, 7) is 0. The number of hydrogen-bond donors (Lipinski definition) is 0. The molecule has 0 unspecified atom stereocenters. The molecule has 0 radical (unpaired) electrons. The Hall–Kier alpha value is -6.41. The van der Waals surface area contributed by atoms with Gasteiger partial charge in [-0.25, -0.2) is 0 Å². The Kier molecular flexibility index (Phi) is 4.47. The molecular weight excluding hydrogens is 548 g/mol. The molecule has 0 aliphatic heterocycles. The minimum atomic E-state index is -0.168. The first-order chi connectivity index (χ1) is 22.2. The Morgan fingerprint density at radius 3 is 1.80 bits per heavy atom. The highest BCUT2D eigenvalue weighted by molar-refractivity contribution is 6.23. The van der Waals surface area contributed by atoms with Crippen molar-refractivity contribution in [2.45, 2.75) is 11.8 Å². The summed E-state index contributed by atoms with van der Waals surface area (Å²) in [6.07, 6.45) is 0. The van der Waals surface area contributed by atoms with Gasteiger partial charge in [-0.3, -0.25) is 0 Å². The lowest BCUT2D eigenvalue weighted by atomic mass is 9.59. The van der Waals surface area contributed by atoms with Gasteiger partial charge >= 0.3 is 0 Å². The van der Waals surface area contributed by atoms with E-state index >= 15 is 0 Å². The number of aromatic nitrogens is 1. The third-order valence-electron chi connectivity index (χ3n) is 10.1. The summed E-state index contributed by atoms with van der Waals surface area (Å²) < 4.78 is 2.38. The summed E-state index contributed by atoms with van der Waals surface area (Å²) in [5.74, 6) is -0.244. The van der Waals surface area contributed by atoms with Crippen molar-refractivity contribution in [1.29, 1.82) is 15.8 Å². The second kappa shape index (κ2) is 8.36. The van der Waals surface area contributed by atoms with Gasteiger partial charge in [0.2, 0.25) is 0 Å². The normalized spacial score (nSPS) is 15.9. The third-order valence-corrected chi connectivity index (χ3v) is 10.1. The van der Waals surface area contributed by atoms with Crippen molar-refractivity contribution in [1.82, 2.24) is 4.40 Å². The maximum absolute atomic E-state index is 10.2. The van der Waals surface area contributed by atoms with Crippen LogP contribution in [0.25, 0.3) is 49.2 Å². The van der Waals surface area contributed by atoms with Crippen LogP contribution in [0.4, 0.5) is 0 Å². The van der Waals surface area contributed by atoms with Crippen LogP contribution in [0.3, 0.4) is 0 Å². The molecule has 0 saturated heterocycles. The molecule has 2 aromatic heterocycles. The Morgan fingerprint density at radius 2 is 1.09 bits per heavy atom. The molecule has 3 aliphatic carbocycles. The average molecular weight is 569 g/mol. The second-order valence-corrected chi connectivity index (χ2v) is 12.2. The molecule has 45 heavy (non-hydrogen) atoms. The predicted molar refractivity (Wildman–Crippen MR) is 175 cm³/mol. The molecule has 204 valence electrons. The van der Waals surface area contributed by atoms with Crippen LogP contribution in [0.5, 0.6) is 0 Å². The molecule has 0 N–H and O–H groups in total. The summed E-state index contributed by atoms with van der Waals surface area (Å²) in [4.78, 5) is 0. The Labute approximate surface area is 258 Å². The molecule has 6 aromatic carbocycles. The van der Waals surface area contributed by atoms with Crippen LogP contribution in [0, 0.1) is 34.0 Å². The number of hydrogen-bond acceptors (Lipinski definition) is 3. The zero-order valence-corrected chi connectivity index (χ0v) is 23.8. The number of fused-ring (bicyclic) bond motifs is 6. The van der Waals surface area contributed by atoms with Crippen LogP contribution in [-0.4, -0.2) is 4.40 Å². The molecule has 3 aliphatic rings. The lowest BCUT2D eigenvalue weighted by molar-refractivity contribution is 0.754. The average Bonchev–Trinajstić information content (AvgIpc) is 3.62. The largest absolute Gasteiger partial charge is 0.308 e. The second-order valence-electron chi connectivity index (χ2n) is 12.2. The minimum absolute atomic E-state index is 0.0763. The summed E-state index contributed by atoms with van der Waals surface area (Å²) in [7, 11) is 0. The molecule has 2 bridgehead atoms. The lowest BCUT2D eigenvalue weighted by Crippen LogP contribution is -2.28. The smallest absolute Gasteiger partial charge is 0.0991 e. The van der Waals surface area contributed by atoms with Gasteiger partial charge in [-0.05, 0) is 99.1 Å². The van der Waals surface area contributed by atoms with Crippen LogP contribution in [0.1, 0.15) is 61.9 Å². The Bertz CT molecular complexity index is 2690. The van der Waals surface area contributed by atoms with E-state index in [2.05, 4.69) is 95.4 Å². The fourth-order valence-corrected chi connectivity index (χ4v) is 8.44. The van der Waals surface area contributed by atoms with Crippen molar-refractivity contribution in [3.05, 3.63) is 159 Å². The number of nitrogens with zero attached hydrogens (tertiary/aromatic N) is 4. The summed E-state index contributed by atoms with van der Waals surface area (Å²) >= 11 is 0. The van der Waals surface area contributed by atoms with Crippen LogP contribution in [0.15, 0.2) is 109 Å². The van der Waals surface area contributed by atoms with Gasteiger partial charge in [0.25, 0.3) is 0 Å². The van der Waals surface area contributed by atoms with Gasteiger partial charge in [0.05, 0.1) is 51.4 Å². The summed E-state index contributed by atoms with van der Waals surface area (Å²) in [6, 6.07) is 45.0. The number of nitriles is 3. The molecule has 0 spiro atoms. The lowest BCUT2D eigenvalue weighted by Gasteiger charge is -2.43. The van der Waals surface area contributed by atoms with E-state index < -0.39 is 0 Å². The first-order valence-electron chi connectivity index (χ1n) is 15.0. The van der Waals surface area contributed by atoms with Crippen molar-refractivity contribution in [3.63, 3.8) is 0 Å². The topological polar surface area (TPSA) is 75.8 Å². The molecule has 4 heteroatoms. The first kappa shape index (κ1) is 24.1. The summed E-state index contributed by atoms with van der Waals surface area (Å²) in [5.41, 5.74) is 14.4. The fourth-order valence-electron chi connectivity index (χ4n) is 8.44. The van der Waals surface area contributed by atoms with E-state index in [1.807, 2.05) is 36.4 Å². The highest BCUT2D eigenvalue weighted by Gasteiger charge is 2.43.